The number of nitrogens with zero attached hydrogens (tertiary/aromatic N) is 2. The minimum absolute atomic E-state index is 0.0303. The maximum atomic E-state index is 13.7. The molecule has 2 unspecified atom stereocenters. The first-order valence-corrected chi connectivity index (χ1v) is 12.7. The Kier molecular flexibility index (Phi) is 7.59. The van der Waals surface area contributed by atoms with Gasteiger partial charge in [0.2, 0.25) is 5.91 Å². The Morgan fingerprint density at radius 2 is 1.85 bits per heavy atom. The van der Waals surface area contributed by atoms with Crippen LogP contribution in [-0.4, -0.2) is 47.9 Å². The molecule has 2 aromatic carbocycles. The van der Waals surface area contributed by atoms with Gasteiger partial charge in [0.15, 0.2) is 0 Å². The van der Waals surface area contributed by atoms with Crippen LogP contribution in [0.3, 0.4) is 0 Å². The van der Waals surface area contributed by atoms with Crippen LogP contribution in [0.5, 0.6) is 5.75 Å². The van der Waals surface area contributed by atoms with Crippen LogP contribution in [0, 0.1) is 0 Å². The lowest BCUT2D eigenvalue weighted by Crippen LogP contribution is -2.49. The summed E-state index contributed by atoms with van der Waals surface area (Å²) in [5.74, 6) is 0.563. The summed E-state index contributed by atoms with van der Waals surface area (Å²) >= 11 is 7.74. The molecule has 1 aromatic heterocycles. The minimum Gasteiger partial charge on any atom is -0.497 e. The number of methoxy groups -OCH3 is 1. The van der Waals surface area contributed by atoms with Crippen molar-refractivity contribution in [3.05, 3.63) is 86.6 Å². The summed E-state index contributed by atoms with van der Waals surface area (Å²) in [6.45, 7) is 4.65. The monoisotopic (exact) mass is 496 g/mol. The first kappa shape index (κ1) is 24.3. The van der Waals surface area contributed by atoms with E-state index in [0.717, 1.165) is 29.7 Å². The summed E-state index contributed by atoms with van der Waals surface area (Å²) in [5, 5.41) is 2.66. The lowest BCUT2D eigenvalue weighted by atomic mass is 9.93. The molecule has 1 aliphatic rings. The van der Waals surface area contributed by atoms with Gasteiger partial charge in [0, 0.05) is 28.0 Å². The van der Waals surface area contributed by atoms with Gasteiger partial charge >= 0.3 is 0 Å². The van der Waals surface area contributed by atoms with Gasteiger partial charge in [0.05, 0.1) is 13.2 Å². The van der Waals surface area contributed by atoms with E-state index in [1.54, 1.807) is 47.6 Å². The van der Waals surface area contributed by atoms with Crippen molar-refractivity contribution in [1.82, 2.24) is 9.80 Å². The van der Waals surface area contributed by atoms with Gasteiger partial charge in [-0.05, 0) is 78.7 Å². The molecular weight excluding hydrogens is 468 g/mol. The standard InChI is InChI=1S/C27H29ClN2O3S/c1-4-18(2)30(27(32)20-5-9-21(28)10-6-20)17-25(31)29-15-13-24-23(14-16-34-24)26(29)19-7-11-22(33-3)12-8-19/h5-12,14,16,18,26H,4,13,15,17H2,1-3H3. The zero-order valence-electron chi connectivity index (χ0n) is 19.7. The molecule has 0 N–H and O–H groups in total. The van der Waals surface area contributed by atoms with E-state index in [-0.39, 0.29) is 30.4 Å². The van der Waals surface area contributed by atoms with E-state index in [4.69, 9.17) is 16.3 Å². The van der Waals surface area contributed by atoms with Gasteiger partial charge in [-0.1, -0.05) is 30.7 Å². The molecule has 7 heteroatoms. The van der Waals surface area contributed by atoms with E-state index in [0.29, 0.717) is 17.1 Å². The molecule has 3 aromatic rings. The Morgan fingerprint density at radius 3 is 2.50 bits per heavy atom. The molecule has 34 heavy (non-hydrogen) atoms. The van der Waals surface area contributed by atoms with Crippen molar-refractivity contribution in [2.45, 2.75) is 38.8 Å². The topological polar surface area (TPSA) is 49.9 Å². The smallest absolute Gasteiger partial charge is 0.254 e. The second-order valence-corrected chi connectivity index (χ2v) is 9.95. The normalized spacial score (nSPS) is 16.0. The van der Waals surface area contributed by atoms with Crippen molar-refractivity contribution >= 4 is 34.8 Å². The number of halogens is 1. The van der Waals surface area contributed by atoms with Gasteiger partial charge < -0.3 is 14.5 Å². The molecule has 178 valence electrons. The molecule has 2 amide bonds. The van der Waals surface area contributed by atoms with E-state index in [9.17, 15) is 9.59 Å². The molecule has 0 bridgehead atoms. The number of fused-ring (bicyclic) bond motifs is 1. The van der Waals surface area contributed by atoms with Crippen molar-refractivity contribution in [3.63, 3.8) is 0 Å². The number of benzene rings is 2. The van der Waals surface area contributed by atoms with Gasteiger partial charge in [-0.3, -0.25) is 9.59 Å². The predicted octanol–water partition coefficient (Wildman–Crippen LogP) is 5.83. The van der Waals surface area contributed by atoms with Gasteiger partial charge in [0.25, 0.3) is 5.91 Å². The number of rotatable bonds is 7. The second-order valence-electron chi connectivity index (χ2n) is 8.51. The zero-order valence-corrected chi connectivity index (χ0v) is 21.2. The summed E-state index contributed by atoms with van der Waals surface area (Å²) < 4.78 is 5.32. The van der Waals surface area contributed by atoms with Crippen LogP contribution in [-0.2, 0) is 11.2 Å². The lowest BCUT2D eigenvalue weighted by molar-refractivity contribution is -0.134. The molecule has 4 rings (SSSR count). The molecule has 0 saturated heterocycles. The van der Waals surface area contributed by atoms with Crippen LogP contribution < -0.4 is 4.74 Å². The van der Waals surface area contributed by atoms with Crippen molar-refractivity contribution in [3.8, 4) is 5.75 Å². The highest BCUT2D eigenvalue weighted by molar-refractivity contribution is 7.10. The zero-order chi connectivity index (χ0) is 24.2. The van der Waals surface area contributed by atoms with Crippen LogP contribution >= 0.6 is 22.9 Å². The average molecular weight is 497 g/mol. The number of ether oxygens (including phenoxy) is 1. The van der Waals surface area contributed by atoms with E-state index in [1.165, 1.54) is 4.88 Å². The van der Waals surface area contributed by atoms with Gasteiger partial charge in [-0.15, -0.1) is 11.3 Å². The average Bonchev–Trinajstić information content (AvgIpc) is 3.35. The third-order valence-corrected chi connectivity index (χ3v) is 7.75. The molecular formula is C27H29ClN2O3S. The van der Waals surface area contributed by atoms with Crippen LogP contribution in [0.25, 0.3) is 0 Å². The fourth-order valence-electron chi connectivity index (χ4n) is 4.37. The summed E-state index contributed by atoms with van der Waals surface area (Å²) in [4.78, 5) is 32.0. The van der Waals surface area contributed by atoms with Crippen molar-refractivity contribution in [1.29, 1.82) is 0 Å². The first-order valence-electron chi connectivity index (χ1n) is 11.5. The van der Waals surface area contributed by atoms with Crippen LogP contribution in [0.2, 0.25) is 5.02 Å². The van der Waals surface area contributed by atoms with Crippen molar-refractivity contribution < 1.29 is 14.3 Å². The highest BCUT2D eigenvalue weighted by atomic mass is 35.5. The summed E-state index contributed by atoms with van der Waals surface area (Å²) in [6, 6.07) is 16.6. The molecule has 2 heterocycles. The third kappa shape index (κ3) is 4.98. The Balaban J connectivity index is 1.63. The predicted molar refractivity (Wildman–Crippen MR) is 137 cm³/mol. The molecule has 5 nitrogen and oxygen atoms in total. The number of amides is 2. The fourth-order valence-corrected chi connectivity index (χ4v) is 5.40. The molecule has 0 spiro atoms. The van der Waals surface area contributed by atoms with E-state index < -0.39 is 0 Å². The van der Waals surface area contributed by atoms with E-state index in [1.807, 2.05) is 43.0 Å². The van der Waals surface area contributed by atoms with Gasteiger partial charge in [-0.2, -0.15) is 0 Å². The fraction of sp³-hybridized carbons (Fsp3) is 0.333. The van der Waals surface area contributed by atoms with Crippen LogP contribution in [0.4, 0.5) is 0 Å². The molecule has 0 saturated carbocycles. The second kappa shape index (κ2) is 10.6. The highest BCUT2D eigenvalue weighted by Gasteiger charge is 2.34. The Morgan fingerprint density at radius 1 is 1.15 bits per heavy atom. The number of hydrogen-bond acceptors (Lipinski definition) is 4. The number of carbonyl (C=O) groups excluding carboxylic acids is 2. The summed E-state index contributed by atoms with van der Waals surface area (Å²) in [7, 11) is 1.64. The molecule has 2 atom stereocenters. The van der Waals surface area contributed by atoms with Gasteiger partial charge in [0.1, 0.15) is 12.3 Å². The number of thiophene rings is 1. The SMILES string of the molecule is CCC(C)N(CC(=O)N1CCc2sccc2C1c1ccc(OC)cc1)C(=O)c1ccc(Cl)cc1. The molecule has 0 fully saturated rings. The minimum atomic E-state index is -0.183. The Bertz CT molecular complexity index is 1140. The van der Waals surface area contributed by atoms with Crippen LogP contribution in [0.1, 0.15) is 52.7 Å². The molecule has 1 aliphatic heterocycles. The highest BCUT2D eigenvalue weighted by Crippen LogP contribution is 2.38. The Hall–Kier alpha value is -2.83. The Labute approximate surface area is 209 Å². The largest absolute Gasteiger partial charge is 0.497 e. The lowest BCUT2D eigenvalue weighted by Gasteiger charge is -2.38. The number of carbonyl (C=O) groups is 2. The first-order chi connectivity index (χ1) is 16.4. The van der Waals surface area contributed by atoms with E-state index >= 15 is 0 Å². The maximum absolute atomic E-state index is 13.7. The molecule has 0 radical (unpaired) electrons. The van der Waals surface area contributed by atoms with Crippen molar-refractivity contribution in [2.24, 2.45) is 0 Å². The summed E-state index contributed by atoms with van der Waals surface area (Å²) in [6.07, 6.45) is 1.57. The van der Waals surface area contributed by atoms with Crippen molar-refractivity contribution in [2.75, 3.05) is 20.2 Å². The van der Waals surface area contributed by atoms with Crippen LogP contribution in [0.15, 0.2) is 60.0 Å². The molecule has 0 aliphatic carbocycles. The third-order valence-electron chi connectivity index (χ3n) is 6.50. The van der Waals surface area contributed by atoms with E-state index in [2.05, 4.69) is 11.4 Å². The number of hydrogen-bond donors (Lipinski definition) is 0. The summed E-state index contributed by atoms with van der Waals surface area (Å²) in [5.41, 5.74) is 2.73. The quantitative estimate of drug-likeness (QED) is 0.414. The maximum Gasteiger partial charge on any atom is 0.254 e. The van der Waals surface area contributed by atoms with Gasteiger partial charge in [-0.25, -0.2) is 0 Å².